The Morgan fingerprint density at radius 1 is 1.38 bits per heavy atom. The summed E-state index contributed by atoms with van der Waals surface area (Å²) in [5, 5.41) is 17.4. The fraction of sp³-hybridized carbons (Fsp3) is 0.636. The van der Waals surface area contributed by atoms with Gasteiger partial charge in [0.2, 0.25) is 0 Å². The predicted octanol–water partition coefficient (Wildman–Crippen LogP) is 1.87. The van der Waals surface area contributed by atoms with Crippen LogP contribution in [-0.2, 0) is 0 Å². The summed E-state index contributed by atoms with van der Waals surface area (Å²) < 4.78 is 0. The molecule has 0 amide bonds. The minimum absolute atomic E-state index is 0.224. The number of aliphatic hydroxyl groups excluding tert-OH is 1. The topological polar surface area (TPSA) is 49.2 Å². The summed E-state index contributed by atoms with van der Waals surface area (Å²) in [6.07, 6.45) is 4.31. The van der Waals surface area contributed by atoms with Gasteiger partial charge < -0.3 is 10.0 Å². The molecule has 0 aromatic carbocycles. The maximum atomic E-state index is 9.04. The van der Waals surface area contributed by atoms with Crippen molar-refractivity contribution in [3.05, 3.63) is 17.3 Å². The first-order valence-corrected chi connectivity index (χ1v) is 6.06. The molecule has 1 aromatic heterocycles. The summed E-state index contributed by atoms with van der Waals surface area (Å²) in [5.74, 6) is 0.863. The van der Waals surface area contributed by atoms with Crippen LogP contribution in [0.5, 0.6) is 0 Å². The number of hydrogen-bond donors (Lipinski definition) is 1. The number of anilines is 1. The molecule has 0 radical (unpaired) electrons. The van der Waals surface area contributed by atoms with Crippen LogP contribution in [0.4, 0.5) is 5.82 Å². The average molecular weight is 242 g/mol. The summed E-state index contributed by atoms with van der Waals surface area (Å²) in [6.45, 7) is 1.21. The van der Waals surface area contributed by atoms with Crippen molar-refractivity contribution in [1.82, 2.24) is 10.2 Å². The molecule has 1 aromatic rings. The van der Waals surface area contributed by atoms with E-state index in [2.05, 4.69) is 15.1 Å². The average Bonchev–Trinajstić information content (AvgIpc) is 2.32. The molecule has 16 heavy (non-hydrogen) atoms. The molecule has 0 saturated carbocycles. The molecule has 2 heterocycles. The molecule has 1 fully saturated rings. The molecule has 4 nitrogen and oxygen atoms in total. The van der Waals surface area contributed by atoms with Crippen LogP contribution in [-0.4, -0.2) is 34.5 Å². The highest BCUT2D eigenvalue weighted by atomic mass is 35.5. The quantitative estimate of drug-likeness (QED) is 0.878. The van der Waals surface area contributed by atoms with Crippen molar-refractivity contribution in [2.24, 2.45) is 0 Å². The van der Waals surface area contributed by atoms with Gasteiger partial charge in [0.25, 0.3) is 0 Å². The Bertz CT molecular complexity index is 329. The van der Waals surface area contributed by atoms with Crippen LogP contribution in [0.2, 0.25) is 5.15 Å². The summed E-state index contributed by atoms with van der Waals surface area (Å²) in [6, 6.07) is 4.04. The van der Waals surface area contributed by atoms with Crippen LogP contribution < -0.4 is 4.90 Å². The fourth-order valence-corrected chi connectivity index (χ4v) is 2.31. The molecule has 0 unspecified atom stereocenters. The molecule has 1 saturated heterocycles. The first-order valence-electron chi connectivity index (χ1n) is 5.68. The summed E-state index contributed by atoms with van der Waals surface area (Å²) in [7, 11) is 0. The van der Waals surface area contributed by atoms with Crippen molar-refractivity contribution in [3.63, 3.8) is 0 Å². The Morgan fingerprint density at radius 2 is 2.25 bits per heavy atom. The third kappa shape index (κ3) is 2.62. The van der Waals surface area contributed by atoms with Crippen LogP contribution in [0.15, 0.2) is 12.1 Å². The van der Waals surface area contributed by atoms with Gasteiger partial charge in [0.1, 0.15) is 0 Å². The van der Waals surface area contributed by atoms with Crippen molar-refractivity contribution in [1.29, 1.82) is 0 Å². The summed E-state index contributed by atoms with van der Waals surface area (Å²) in [5.41, 5.74) is 0. The zero-order valence-electron chi connectivity index (χ0n) is 9.14. The molecule has 1 N–H and O–H groups in total. The third-order valence-corrected chi connectivity index (χ3v) is 3.20. The largest absolute Gasteiger partial charge is 0.396 e. The minimum atomic E-state index is 0.224. The van der Waals surface area contributed by atoms with E-state index in [0.717, 1.165) is 25.2 Å². The second-order valence-corrected chi connectivity index (χ2v) is 4.46. The maximum absolute atomic E-state index is 9.04. The first kappa shape index (κ1) is 11.6. The Hall–Kier alpha value is -0.870. The van der Waals surface area contributed by atoms with Gasteiger partial charge in [-0.05, 0) is 37.8 Å². The third-order valence-electron chi connectivity index (χ3n) is 3.00. The zero-order valence-corrected chi connectivity index (χ0v) is 9.90. The Labute approximate surface area is 100 Å². The lowest BCUT2D eigenvalue weighted by Gasteiger charge is -2.36. The molecular formula is C11H16ClN3O. The van der Waals surface area contributed by atoms with Crippen LogP contribution in [0.25, 0.3) is 0 Å². The molecule has 1 atom stereocenters. The molecule has 88 valence electrons. The van der Waals surface area contributed by atoms with Gasteiger partial charge in [0, 0.05) is 19.2 Å². The van der Waals surface area contributed by atoms with E-state index < -0.39 is 0 Å². The normalized spacial score (nSPS) is 21.1. The van der Waals surface area contributed by atoms with Crippen molar-refractivity contribution in [2.45, 2.75) is 31.7 Å². The molecule has 2 rings (SSSR count). The molecule has 0 spiro atoms. The van der Waals surface area contributed by atoms with Crippen molar-refractivity contribution in [3.8, 4) is 0 Å². The number of hydrogen-bond acceptors (Lipinski definition) is 4. The zero-order chi connectivity index (χ0) is 11.4. The number of piperidine rings is 1. The second-order valence-electron chi connectivity index (χ2n) is 4.07. The number of rotatable bonds is 3. The second kappa shape index (κ2) is 5.46. The van der Waals surface area contributed by atoms with Gasteiger partial charge in [0.05, 0.1) is 0 Å². The highest BCUT2D eigenvalue weighted by Crippen LogP contribution is 2.24. The Balaban J connectivity index is 2.13. The highest BCUT2D eigenvalue weighted by molar-refractivity contribution is 6.29. The summed E-state index contributed by atoms with van der Waals surface area (Å²) in [4.78, 5) is 2.23. The number of aliphatic hydroxyl groups is 1. The standard InChI is InChI=1S/C11H16ClN3O/c12-10-4-5-11(14-13-10)15-7-2-1-3-9(15)6-8-16/h4-5,9,16H,1-3,6-8H2/t9-/m0/s1. The van der Waals surface area contributed by atoms with E-state index in [4.69, 9.17) is 16.7 Å². The van der Waals surface area contributed by atoms with E-state index >= 15 is 0 Å². The maximum Gasteiger partial charge on any atom is 0.151 e. The van der Waals surface area contributed by atoms with Gasteiger partial charge in [0.15, 0.2) is 11.0 Å². The number of aromatic nitrogens is 2. The predicted molar refractivity (Wildman–Crippen MR) is 63.7 cm³/mol. The van der Waals surface area contributed by atoms with Crippen molar-refractivity contribution < 1.29 is 5.11 Å². The molecule has 0 bridgehead atoms. The van der Waals surface area contributed by atoms with E-state index in [1.165, 1.54) is 12.8 Å². The monoisotopic (exact) mass is 241 g/mol. The van der Waals surface area contributed by atoms with Crippen LogP contribution in [0.3, 0.4) is 0 Å². The lowest BCUT2D eigenvalue weighted by Crippen LogP contribution is -2.40. The smallest absolute Gasteiger partial charge is 0.151 e. The SMILES string of the molecule is OCC[C@@H]1CCCCN1c1ccc(Cl)nn1. The molecule has 1 aliphatic rings. The summed E-state index contributed by atoms with van der Waals surface area (Å²) >= 11 is 5.72. The lowest BCUT2D eigenvalue weighted by atomic mass is 10.00. The number of nitrogens with zero attached hydrogens (tertiary/aromatic N) is 3. The van der Waals surface area contributed by atoms with E-state index in [0.29, 0.717) is 11.2 Å². The molecule has 0 aliphatic carbocycles. The van der Waals surface area contributed by atoms with Crippen LogP contribution in [0.1, 0.15) is 25.7 Å². The molecule has 1 aliphatic heterocycles. The minimum Gasteiger partial charge on any atom is -0.396 e. The van der Waals surface area contributed by atoms with E-state index in [-0.39, 0.29) is 6.61 Å². The lowest BCUT2D eigenvalue weighted by molar-refractivity contribution is 0.262. The van der Waals surface area contributed by atoms with E-state index in [9.17, 15) is 0 Å². The van der Waals surface area contributed by atoms with Gasteiger partial charge in [-0.3, -0.25) is 0 Å². The van der Waals surface area contributed by atoms with Gasteiger partial charge in [-0.15, -0.1) is 10.2 Å². The van der Waals surface area contributed by atoms with Gasteiger partial charge in [-0.25, -0.2) is 0 Å². The first-order chi connectivity index (χ1) is 7.81. The fourth-order valence-electron chi connectivity index (χ4n) is 2.21. The van der Waals surface area contributed by atoms with Gasteiger partial charge in [-0.1, -0.05) is 11.6 Å². The highest BCUT2D eigenvalue weighted by Gasteiger charge is 2.23. The van der Waals surface area contributed by atoms with Gasteiger partial charge in [-0.2, -0.15) is 0 Å². The van der Waals surface area contributed by atoms with Gasteiger partial charge >= 0.3 is 0 Å². The Kier molecular flexibility index (Phi) is 3.96. The van der Waals surface area contributed by atoms with Crippen molar-refractivity contribution in [2.75, 3.05) is 18.1 Å². The van der Waals surface area contributed by atoms with E-state index in [1.807, 2.05) is 6.07 Å². The van der Waals surface area contributed by atoms with Crippen LogP contribution in [0, 0.1) is 0 Å². The molecule has 5 heteroatoms. The Morgan fingerprint density at radius 3 is 2.94 bits per heavy atom. The van der Waals surface area contributed by atoms with Crippen LogP contribution >= 0.6 is 11.6 Å². The number of halogens is 1. The molecular weight excluding hydrogens is 226 g/mol. The van der Waals surface area contributed by atoms with E-state index in [1.54, 1.807) is 6.07 Å². The van der Waals surface area contributed by atoms with Crippen molar-refractivity contribution >= 4 is 17.4 Å².